The minimum Gasteiger partial charge on any atom is -0.372 e. The van der Waals surface area contributed by atoms with E-state index in [4.69, 9.17) is 4.74 Å². The van der Waals surface area contributed by atoms with Crippen LogP contribution in [0.25, 0.3) is 22.5 Å². The summed E-state index contributed by atoms with van der Waals surface area (Å²) in [6, 6.07) is 29.0. The summed E-state index contributed by atoms with van der Waals surface area (Å²) in [5, 5.41) is 10.1. The van der Waals surface area contributed by atoms with Crippen LogP contribution >= 0.6 is 0 Å². The highest BCUT2D eigenvalue weighted by molar-refractivity contribution is 6.39. The molecule has 2 aliphatic heterocycles. The molecule has 6 aromatic rings. The lowest BCUT2D eigenvalue weighted by atomic mass is 10.0. The van der Waals surface area contributed by atoms with Gasteiger partial charge in [-0.15, -0.1) is 0 Å². The number of H-pyrrole nitrogens is 2. The van der Waals surface area contributed by atoms with Crippen LogP contribution in [0.1, 0.15) is 83.8 Å². The van der Waals surface area contributed by atoms with Gasteiger partial charge in [0.1, 0.15) is 23.7 Å². The second-order valence-corrected chi connectivity index (χ2v) is 16.4. The van der Waals surface area contributed by atoms with E-state index < -0.39 is 59.6 Å². The Kier molecular flexibility index (Phi) is 14.3. The fourth-order valence-corrected chi connectivity index (χ4v) is 8.57. The highest BCUT2D eigenvalue weighted by atomic mass is 16.5. The molecule has 0 saturated carbocycles. The highest BCUT2D eigenvalue weighted by Crippen LogP contribution is 2.34. The van der Waals surface area contributed by atoms with Crippen LogP contribution in [0.15, 0.2) is 122 Å². The molecule has 4 atom stereocenters. The molecule has 4 aromatic carbocycles. The second-order valence-electron chi connectivity index (χ2n) is 16.4. The third-order valence-electron chi connectivity index (χ3n) is 12.1. The quantitative estimate of drug-likeness (QED) is 0.0627. The van der Waals surface area contributed by atoms with Crippen molar-refractivity contribution in [3.8, 4) is 22.5 Å². The van der Waals surface area contributed by atoms with E-state index in [1.165, 1.54) is 23.9 Å². The van der Waals surface area contributed by atoms with Gasteiger partial charge in [0.25, 0.3) is 11.8 Å². The zero-order chi connectivity index (χ0) is 46.9. The van der Waals surface area contributed by atoms with E-state index in [0.29, 0.717) is 74.8 Å². The minimum atomic E-state index is -1.13. The highest BCUT2D eigenvalue weighted by Gasteiger charge is 2.40. The fraction of sp³-hybridized carbons (Fsp3) is 0.280. The Morgan fingerprint density at radius 3 is 1.34 bits per heavy atom. The lowest BCUT2D eigenvalue weighted by molar-refractivity contribution is -0.146. The van der Waals surface area contributed by atoms with Crippen molar-refractivity contribution in [3.63, 3.8) is 0 Å². The summed E-state index contributed by atoms with van der Waals surface area (Å²) in [4.78, 5) is 97.9. The topological polar surface area (TPSA) is 224 Å². The van der Waals surface area contributed by atoms with Gasteiger partial charge in [-0.1, -0.05) is 109 Å². The van der Waals surface area contributed by atoms with Crippen LogP contribution in [0.4, 0.5) is 9.59 Å². The predicted molar refractivity (Wildman–Crippen MR) is 247 cm³/mol. The lowest BCUT2D eigenvalue weighted by Gasteiger charge is -2.25. The number of aromatic nitrogens is 4. The number of rotatable bonds is 16. The second kappa shape index (κ2) is 20.9. The average Bonchev–Trinajstić information content (AvgIpc) is 4.23. The van der Waals surface area contributed by atoms with Crippen molar-refractivity contribution in [2.75, 3.05) is 27.2 Å². The zero-order valence-corrected chi connectivity index (χ0v) is 37.2. The van der Waals surface area contributed by atoms with Gasteiger partial charge >= 0.3 is 12.1 Å². The smallest absolute Gasteiger partial charge is 0.315 e. The van der Waals surface area contributed by atoms with Crippen LogP contribution in [0.2, 0.25) is 0 Å². The SMILES string of the molecule is CNC(=O)N[C@H](C(=O)C(=O)N1CCC[C@H]1c1ncc(-c2ccc(COCc3ccc(-c4cnc([C@@H]5CCCN5C(=O)C(=O)[C@H](NC(=O)NC)c5ccccc5)[nH]4)cc3)cc2)[nH]1)c1ccccc1. The molecule has 67 heavy (non-hydrogen) atoms. The molecule has 344 valence electrons. The fourth-order valence-electron chi connectivity index (χ4n) is 8.57. The van der Waals surface area contributed by atoms with Crippen LogP contribution in [-0.2, 0) is 37.1 Å². The number of carbonyl (C=O) groups is 6. The number of nitrogens with one attached hydrogen (secondary N) is 6. The number of Topliss-reactive ketones (excluding diaryl/α,β-unsaturated/α-hetero) is 2. The first-order chi connectivity index (χ1) is 32.6. The number of urea groups is 2. The number of ether oxygens (including phenoxy) is 1. The molecule has 0 bridgehead atoms. The monoisotopic (exact) mass is 904 g/mol. The summed E-state index contributed by atoms with van der Waals surface area (Å²) in [6.45, 7) is 1.56. The van der Waals surface area contributed by atoms with Crippen LogP contribution in [0, 0.1) is 0 Å². The normalized spacial score (nSPS) is 16.5. The molecule has 2 aromatic heterocycles. The molecule has 2 saturated heterocycles. The summed E-state index contributed by atoms with van der Waals surface area (Å²) in [5.41, 5.74) is 6.34. The third-order valence-corrected chi connectivity index (χ3v) is 12.1. The Labute approximate surface area is 387 Å². The number of aromatic amines is 2. The molecule has 6 N–H and O–H groups in total. The summed E-state index contributed by atoms with van der Waals surface area (Å²) in [5.74, 6) is -1.62. The van der Waals surface area contributed by atoms with Crippen LogP contribution in [0.5, 0.6) is 0 Å². The van der Waals surface area contributed by atoms with Gasteiger partial charge in [0.2, 0.25) is 11.6 Å². The van der Waals surface area contributed by atoms with Gasteiger partial charge in [-0.3, -0.25) is 19.2 Å². The van der Waals surface area contributed by atoms with E-state index in [9.17, 15) is 28.8 Å². The number of likely N-dealkylation sites (tertiary alicyclic amines) is 2. The Hall–Kier alpha value is -7.92. The van der Waals surface area contributed by atoms with Crippen molar-refractivity contribution >= 4 is 35.4 Å². The maximum absolute atomic E-state index is 13.7. The van der Waals surface area contributed by atoms with Crippen molar-refractivity contribution in [3.05, 3.63) is 155 Å². The summed E-state index contributed by atoms with van der Waals surface area (Å²) in [7, 11) is 2.90. The number of hydrogen-bond acceptors (Lipinski definition) is 9. The van der Waals surface area contributed by atoms with Gasteiger partial charge in [-0.2, -0.15) is 0 Å². The molecule has 0 radical (unpaired) electrons. The third kappa shape index (κ3) is 10.5. The standard InChI is InChI=1S/C50H52N10O7/c1-51-49(65)57-41(35-11-5-3-6-12-35)43(61)47(63)59-25-9-15-39(59)45-53-27-37(55-45)33-21-17-31(18-22-33)29-67-30-32-19-23-34(24-20-32)38-28-54-46(56-38)40-16-10-26-60(40)48(64)44(62)42(58-50(66)52-2)36-13-7-4-8-14-36/h3-8,11-14,17-24,27-28,39-42H,9-10,15-16,25-26,29-30H2,1-2H3,(H,53,55)(H,54,56)(H2,51,57,65)(H2,52,58,66)/t39-,40-,41-,42+/m0/s1. The first kappa shape index (κ1) is 45.6. The van der Waals surface area contributed by atoms with Crippen molar-refractivity contribution in [2.45, 2.75) is 63.1 Å². The minimum absolute atomic E-state index is 0.388. The number of benzene rings is 4. The van der Waals surface area contributed by atoms with E-state index >= 15 is 0 Å². The number of amides is 6. The van der Waals surface area contributed by atoms with E-state index in [1.54, 1.807) is 73.1 Å². The molecule has 8 rings (SSSR count). The number of hydrogen-bond donors (Lipinski definition) is 6. The van der Waals surface area contributed by atoms with E-state index in [2.05, 4.69) is 41.2 Å². The molecular formula is C50H52N10O7. The van der Waals surface area contributed by atoms with Crippen molar-refractivity contribution < 1.29 is 33.5 Å². The molecular weight excluding hydrogens is 853 g/mol. The van der Waals surface area contributed by atoms with Crippen LogP contribution < -0.4 is 21.3 Å². The molecule has 0 spiro atoms. The number of nitrogens with zero attached hydrogens (tertiary/aromatic N) is 4. The maximum Gasteiger partial charge on any atom is 0.315 e. The molecule has 2 fully saturated rings. The van der Waals surface area contributed by atoms with Crippen molar-refractivity contribution in [1.29, 1.82) is 0 Å². The Morgan fingerprint density at radius 1 is 0.582 bits per heavy atom. The molecule has 17 nitrogen and oxygen atoms in total. The molecule has 17 heteroatoms. The van der Waals surface area contributed by atoms with Gasteiger partial charge in [-0.25, -0.2) is 19.6 Å². The van der Waals surface area contributed by atoms with Gasteiger partial charge in [0.15, 0.2) is 0 Å². The molecule has 2 aliphatic rings. The zero-order valence-electron chi connectivity index (χ0n) is 37.2. The van der Waals surface area contributed by atoms with Gasteiger partial charge in [0.05, 0.1) is 49.1 Å². The van der Waals surface area contributed by atoms with Crippen molar-refractivity contribution in [1.82, 2.24) is 51.0 Å². The number of carbonyl (C=O) groups excluding carboxylic acids is 6. The molecule has 6 amide bonds. The summed E-state index contributed by atoms with van der Waals surface area (Å²) < 4.78 is 6.07. The Bertz CT molecular complexity index is 2520. The van der Waals surface area contributed by atoms with Gasteiger partial charge in [0, 0.05) is 27.2 Å². The van der Waals surface area contributed by atoms with Gasteiger partial charge < -0.3 is 45.8 Å². The Balaban J connectivity index is 0.836. The van der Waals surface area contributed by atoms with E-state index in [-0.39, 0.29) is 0 Å². The Morgan fingerprint density at radius 2 is 0.970 bits per heavy atom. The first-order valence-corrected chi connectivity index (χ1v) is 22.2. The molecule has 0 aliphatic carbocycles. The van der Waals surface area contributed by atoms with Crippen LogP contribution in [-0.4, -0.2) is 92.4 Å². The summed E-state index contributed by atoms with van der Waals surface area (Å²) in [6.07, 6.45) is 6.14. The predicted octanol–water partition coefficient (Wildman–Crippen LogP) is 5.99. The largest absolute Gasteiger partial charge is 0.372 e. The maximum atomic E-state index is 13.7. The molecule has 0 unspecified atom stereocenters. The first-order valence-electron chi connectivity index (χ1n) is 22.2. The molecule has 4 heterocycles. The van der Waals surface area contributed by atoms with E-state index in [1.807, 2.05) is 48.5 Å². The average molecular weight is 905 g/mol. The van der Waals surface area contributed by atoms with Gasteiger partial charge in [-0.05, 0) is 59.1 Å². The lowest BCUT2D eigenvalue weighted by Crippen LogP contribution is -2.46. The summed E-state index contributed by atoms with van der Waals surface area (Å²) >= 11 is 0. The number of imidazole rings is 2. The number of ketones is 2. The van der Waals surface area contributed by atoms with Crippen molar-refractivity contribution in [2.24, 2.45) is 0 Å². The van der Waals surface area contributed by atoms with Crippen LogP contribution in [0.3, 0.4) is 0 Å². The van der Waals surface area contributed by atoms with E-state index in [0.717, 1.165) is 33.6 Å².